The lowest BCUT2D eigenvalue weighted by Gasteiger charge is -2.12. The molecule has 1 aromatic carbocycles. The molecule has 0 radical (unpaired) electrons. The molecular weight excluding hydrogens is 242 g/mol. The average molecular weight is 259 g/mol. The molecule has 1 aliphatic heterocycles. The summed E-state index contributed by atoms with van der Waals surface area (Å²) in [5.74, 6) is 1.28. The number of hydrogen-bond acceptors (Lipinski definition) is 4. The molecule has 1 aromatic heterocycles. The van der Waals surface area contributed by atoms with Gasteiger partial charge in [-0.3, -0.25) is 4.68 Å². The van der Waals surface area contributed by atoms with E-state index < -0.39 is 0 Å². The molecule has 0 bridgehead atoms. The van der Waals surface area contributed by atoms with Crippen LogP contribution in [-0.4, -0.2) is 28.0 Å². The minimum Gasteiger partial charge on any atom is -0.504 e. The molecule has 2 aromatic rings. The number of hydrogen-bond donors (Lipinski definition) is 2. The van der Waals surface area contributed by atoms with Crippen LogP contribution in [-0.2, 0) is 0 Å². The summed E-state index contributed by atoms with van der Waals surface area (Å²) in [4.78, 5) is 0. The molecular formula is C14H17N3O2. The smallest absolute Gasteiger partial charge is 0.169 e. The molecule has 1 fully saturated rings. The minimum atomic E-state index is 0.136. The summed E-state index contributed by atoms with van der Waals surface area (Å²) >= 11 is 0. The molecule has 5 heteroatoms. The predicted octanol–water partition coefficient (Wildman–Crippen LogP) is 2.22. The van der Waals surface area contributed by atoms with E-state index in [1.165, 1.54) is 0 Å². The fraction of sp³-hybridized carbons (Fsp3) is 0.357. The van der Waals surface area contributed by atoms with Gasteiger partial charge in [0, 0.05) is 6.54 Å². The van der Waals surface area contributed by atoms with Gasteiger partial charge in [-0.05, 0) is 32.0 Å². The number of aromatic hydroxyl groups is 1. The van der Waals surface area contributed by atoms with E-state index in [9.17, 15) is 5.11 Å². The number of nitrogens with zero attached hydrogens (tertiary/aromatic N) is 2. The standard InChI is InChI=1S/C14H17N3O2/c1-10-14(19-13-5-3-2-4-12(13)18)9-16-17(10)11-6-7-15-8-11/h2-5,9,11,15,18H,6-8H2,1H3. The number of rotatable bonds is 3. The van der Waals surface area contributed by atoms with Crippen molar-refractivity contribution in [3.63, 3.8) is 0 Å². The molecule has 0 aliphatic carbocycles. The Kier molecular flexibility index (Phi) is 3.13. The van der Waals surface area contributed by atoms with E-state index in [0.29, 0.717) is 17.5 Å². The van der Waals surface area contributed by atoms with Gasteiger partial charge in [0.2, 0.25) is 0 Å². The SMILES string of the molecule is Cc1c(Oc2ccccc2O)cnn1C1CCNC1. The number of para-hydroxylation sites is 2. The van der Waals surface area contributed by atoms with Crippen LogP contribution in [0.15, 0.2) is 30.5 Å². The van der Waals surface area contributed by atoms with Gasteiger partial charge in [0.1, 0.15) is 0 Å². The molecule has 1 saturated heterocycles. The van der Waals surface area contributed by atoms with Gasteiger partial charge >= 0.3 is 0 Å². The van der Waals surface area contributed by atoms with Gasteiger partial charge in [-0.15, -0.1) is 0 Å². The average Bonchev–Trinajstić information content (AvgIpc) is 3.03. The predicted molar refractivity (Wildman–Crippen MR) is 71.7 cm³/mol. The molecule has 19 heavy (non-hydrogen) atoms. The Hall–Kier alpha value is -2.01. The zero-order chi connectivity index (χ0) is 13.2. The molecule has 5 nitrogen and oxygen atoms in total. The molecule has 2 heterocycles. The number of phenolic OH excluding ortho intramolecular Hbond substituents is 1. The zero-order valence-corrected chi connectivity index (χ0v) is 10.8. The van der Waals surface area contributed by atoms with Crippen molar-refractivity contribution in [3.8, 4) is 17.2 Å². The maximum absolute atomic E-state index is 9.72. The highest BCUT2D eigenvalue weighted by Gasteiger charge is 2.21. The summed E-state index contributed by atoms with van der Waals surface area (Å²) in [5.41, 5.74) is 0.983. The molecule has 0 spiro atoms. The Balaban J connectivity index is 1.84. The highest BCUT2D eigenvalue weighted by molar-refractivity contribution is 5.42. The summed E-state index contributed by atoms with van der Waals surface area (Å²) < 4.78 is 7.72. The van der Waals surface area contributed by atoms with E-state index in [4.69, 9.17) is 4.74 Å². The van der Waals surface area contributed by atoms with Crippen LogP contribution in [0.25, 0.3) is 0 Å². The Morgan fingerprint density at radius 3 is 2.95 bits per heavy atom. The Labute approximate surface area is 111 Å². The van der Waals surface area contributed by atoms with Crippen molar-refractivity contribution in [1.29, 1.82) is 0 Å². The first-order chi connectivity index (χ1) is 9.25. The first kappa shape index (κ1) is 12.0. The Morgan fingerprint density at radius 2 is 2.21 bits per heavy atom. The third-order valence-corrected chi connectivity index (χ3v) is 3.46. The van der Waals surface area contributed by atoms with Crippen LogP contribution in [0.5, 0.6) is 17.2 Å². The summed E-state index contributed by atoms with van der Waals surface area (Å²) in [5, 5.41) is 17.4. The third kappa shape index (κ3) is 2.29. The molecule has 1 unspecified atom stereocenters. The van der Waals surface area contributed by atoms with Crippen LogP contribution < -0.4 is 10.1 Å². The van der Waals surface area contributed by atoms with E-state index in [0.717, 1.165) is 25.2 Å². The second kappa shape index (κ2) is 4.93. The minimum absolute atomic E-state index is 0.136. The summed E-state index contributed by atoms with van der Waals surface area (Å²) in [6.45, 7) is 3.96. The van der Waals surface area contributed by atoms with Crippen molar-refractivity contribution in [2.45, 2.75) is 19.4 Å². The molecule has 0 saturated carbocycles. The molecule has 100 valence electrons. The number of nitrogens with one attached hydrogen (secondary N) is 1. The van der Waals surface area contributed by atoms with Gasteiger partial charge in [-0.2, -0.15) is 5.10 Å². The number of aromatic nitrogens is 2. The molecule has 1 atom stereocenters. The summed E-state index contributed by atoms with van der Waals surface area (Å²) in [7, 11) is 0. The fourth-order valence-corrected chi connectivity index (χ4v) is 2.39. The second-order valence-electron chi connectivity index (χ2n) is 4.76. The molecule has 0 amide bonds. The van der Waals surface area contributed by atoms with Crippen molar-refractivity contribution in [3.05, 3.63) is 36.2 Å². The molecule has 1 aliphatic rings. The quantitative estimate of drug-likeness (QED) is 0.887. The second-order valence-corrected chi connectivity index (χ2v) is 4.76. The lowest BCUT2D eigenvalue weighted by Crippen LogP contribution is -2.15. The monoisotopic (exact) mass is 259 g/mol. The van der Waals surface area contributed by atoms with Gasteiger partial charge in [-0.25, -0.2) is 0 Å². The number of ether oxygens (including phenoxy) is 1. The van der Waals surface area contributed by atoms with E-state index in [2.05, 4.69) is 10.4 Å². The lowest BCUT2D eigenvalue weighted by atomic mass is 10.2. The highest BCUT2D eigenvalue weighted by Crippen LogP contribution is 2.32. The lowest BCUT2D eigenvalue weighted by molar-refractivity contribution is 0.407. The van der Waals surface area contributed by atoms with Crippen molar-refractivity contribution < 1.29 is 9.84 Å². The van der Waals surface area contributed by atoms with Gasteiger partial charge in [-0.1, -0.05) is 12.1 Å². The van der Waals surface area contributed by atoms with Crippen molar-refractivity contribution >= 4 is 0 Å². The topological polar surface area (TPSA) is 59.3 Å². The van der Waals surface area contributed by atoms with E-state index in [1.807, 2.05) is 17.7 Å². The molecule has 3 rings (SSSR count). The normalized spacial score (nSPS) is 18.7. The van der Waals surface area contributed by atoms with Crippen LogP contribution in [0.3, 0.4) is 0 Å². The van der Waals surface area contributed by atoms with Crippen LogP contribution in [0, 0.1) is 6.92 Å². The van der Waals surface area contributed by atoms with Crippen molar-refractivity contribution in [1.82, 2.24) is 15.1 Å². The van der Waals surface area contributed by atoms with Crippen molar-refractivity contribution in [2.75, 3.05) is 13.1 Å². The molecule has 2 N–H and O–H groups in total. The van der Waals surface area contributed by atoms with E-state index in [-0.39, 0.29) is 5.75 Å². The fourth-order valence-electron chi connectivity index (χ4n) is 2.39. The maximum Gasteiger partial charge on any atom is 0.169 e. The van der Waals surface area contributed by atoms with Crippen LogP contribution >= 0.6 is 0 Å². The van der Waals surface area contributed by atoms with Gasteiger partial charge < -0.3 is 15.2 Å². The van der Waals surface area contributed by atoms with Crippen LogP contribution in [0.1, 0.15) is 18.2 Å². The third-order valence-electron chi connectivity index (χ3n) is 3.46. The zero-order valence-electron chi connectivity index (χ0n) is 10.8. The summed E-state index contributed by atoms with van der Waals surface area (Å²) in [6.07, 6.45) is 2.79. The Bertz CT molecular complexity index is 574. The number of phenols is 1. The van der Waals surface area contributed by atoms with E-state index in [1.54, 1.807) is 24.4 Å². The number of benzene rings is 1. The Morgan fingerprint density at radius 1 is 1.37 bits per heavy atom. The van der Waals surface area contributed by atoms with E-state index >= 15 is 0 Å². The van der Waals surface area contributed by atoms with Gasteiger partial charge in [0.25, 0.3) is 0 Å². The van der Waals surface area contributed by atoms with Crippen LogP contribution in [0.2, 0.25) is 0 Å². The first-order valence-corrected chi connectivity index (χ1v) is 6.46. The maximum atomic E-state index is 9.72. The van der Waals surface area contributed by atoms with Gasteiger partial charge in [0.15, 0.2) is 17.2 Å². The summed E-state index contributed by atoms with van der Waals surface area (Å²) in [6, 6.07) is 7.33. The largest absolute Gasteiger partial charge is 0.504 e. The van der Waals surface area contributed by atoms with Gasteiger partial charge in [0.05, 0.1) is 17.9 Å². The van der Waals surface area contributed by atoms with Crippen LogP contribution in [0.4, 0.5) is 0 Å². The van der Waals surface area contributed by atoms with Crippen molar-refractivity contribution in [2.24, 2.45) is 0 Å². The first-order valence-electron chi connectivity index (χ1n) is 6.46. The highest BCUT2D eigenvalue weighted by atomic mass is 16.5.